The first-order valence-electron chi connectivity index (χ1n) is 6.90. The number of allylic oxidation sites excluding steroid dienone is 1. The van der Waals surface area contributed by atoms with Crippen molar-refractivity contribution in [1.82, 2.24) is 5.32 Å². The summed E-state index contributed by atoms with van der Waals surface area (Å²) in [4.78, 5) is 0. The van der Waals surface area contributed by atoms with Crippen LogP contribution in [-0.2, 0) is 12.8 Å². The Bertz CT molecular complexity index is 453. The molecule has 2 nitrogen and oxygen atoms in total. The molecule has 0 aromatic heterocycles. The Morgan fingerprint density at radius 1 is 1.32 bits per heavy atom. The number of ether oxygens (including phenoxy) is 1. The van der Waals surface area contributed by atoms with Gasteiger partial charge in [0.1, 0.15) is 5.75 Å². The molecular weight excluding hydrogens is 234 g/mol. The minimum atomic E-state index is 0.472. The molecular formula is C17H23NO. The lowest BCUT2D eigenvalue weighted by Gasteiger charge is -2.34. The summed E-state index contributed by atoms with van der Waals surface area (Å²) in [6.45, 7) is 8.52. The monoisotopic (exact) mass is 257 g/mol. The van der Waals surface area contributed by atoms with Gasteiger partial charge in [0.25, 0.3) is 0 Å². The molecule has 1 aliphatic carbocycles. The van der Waals surface area contributed by atoms with Gasteiger partial charge in [-0.1, -0.05) is 24.3 Å². The van der Waals surface area contributed by atoms with E-state index in [-0.39, 0.29) is 0 Å². The quantitative estimate of drug-likeness (QED) is 0.791. The van der Waals surface area contributed by atoms with Gasteiger partial charge in [-0.3, -0.25) is 0 Å². The van der Waals surface area contributed by atoms with Crippen molar-refractivity contribution in [2.24, 2.45) is 5.92 Å². The predicted octanol–water partition coefficient (Wildman–Crippen LogP) is 3.13. The van der Waals surface area contributed by atoms with E-state index in [2.05, 4.69) is 36.7 Å². The van der Waals surface area contributed by atoms with E-state index >= 15 is 0 Å². The van der Waals surface area contributed by atoms with Crippen LogP contribution < -0.4 is 10.1 Å². The molecule has 19 heavy (non-hydrogen) atoms. The summed E-state index contributed by atoms with van der Waals surface area (Å²) in [6, 6.07) is 6.83. The third-order valence-corrected chi connectivity index (χ3v) is 3.92. The van der Waals surface area contributed by atoms with Crippen LogP contribution in [0.5, 0.6) is 5.75 Å². The number of benzene rings is 1. The van der Waals surface area contributed by atoms with Gasteiger partial charge in [0.15, 0.2) is 0 Å². The van der Waals surface area contributed by atoms with Crippen LogP contribution in [0, 0.1) is 5.92 Å². The maximum absolute atomic E-state index is 5.49. The Hall–Kier alpha value is -1.54. The van der Waals surface area contributed by atoms with Crippen LogP contribution in [0.15, 0.2) is 43.5 Å². The first-order valence-corrected chi connectivity index (χ1v) is 6.90. The molecule has 0 spiro atoms. The van der Waals surface area contributed by atoms with Crippen molar-refractivity contribution in [3.8, 4) is 5.75 Å². The highest BCUT2D eigenvalue weighted by Gasteiger charge is 2.28. The topological polar surface area (TPSA) is 21.3 Å². The molecule has 0 saturated carbocycles. The molecule has 1 aromatic rings. The molecule has 102 valence electrons. The highest BCUT2D eigenvalue weighted by molar-refractivity contribution is 5.43. The standard InChI is InChI=1S/C17H23NO/c1-4-7-14-11-13-8-6-9-17(19-3)15(13)12-16(14)18-10-5-2/h4-6,8-9,14,16,18H,1-2,7,10-12H2,3H3/t14-,16+/m1/s1. The third-order valence-electron chi connectivity index (χ3n) is 3.92. The molecule has 2 atom stereocenters. The molecule has 0 bridgehead atoms. The SMILES string of the molecule is C=CCN[C@H]1Cc2c(cccc2OC)C[C@H]1CC=C. The minimum absolute atomic E-state index is 0.472. The summed E-state index contributed by atoms with van der Waals surface area (Å²) < 4.78 is 5.49. The summed E-state index contributed by atoms with van der Waals surface area (Å²) in [5, 5.41) is 3.58. The van der Waals surface area contributed by atoms with Crippen molar-refractivity contribution < 1.29 is 4.74 Å². The second-order valence-electron chi connectivity index (χ2n) is 5.09. The molecule has 1 N–H and O–H groups in total. The molecule has 0 unspecified atom stereocenters. The van der Waals surface area contributed by atoms with Crippen molar-refractivity contribution >= 4 is 0 Å². The number of hydrogen-bond acceptors (Lipinski definition) is 2. The highest BCUT2D eigenvalue weighted by atomic mass is 16.5. The second kappa shape index (κ2) is 6.58. The largest absolute Gasteiger partial charge is 0.496 e. The highest BCUT2D eigenvalue weighted by Crippen LogP contribution is 2.33. The normalized spacial score (nSPS) is 21.5. The molecule has 0 radical (unpaired) electrons. The van der Waals surface area contributed by atoms with Crippen LogP contribution in [0.3, 0.4) is 0 Å². The first-order chi connectivity index (χ1) is 9.30. The van der Waals surface area contributed by atoms with Gasteiger partial charge in [-0.2, -0.15) is 0 Å². The Labute approximate surface area is 116 Å². The van der Waals surface area contributed by atoms with Crippen LogP contribution >= 0.6 is 0 Å². The minimum Gasteiger partial charge on any atom is -0.496 e. The fourth-order valence-electron chi connectivity index (χ4n) is 2.97. The zero-order valence-corrected chi connectivity index (χ0v) is 11.7. The van der Waals surface area contributed by atoms with E-state index in [0.29, 0.717) is 12.0 Å². The molecule has 0 heterocycles. The molecule has 0 fully saturated rings. The van der Waals surface area contributed by atoms with Crippen LogP contribution in [0.4, 0.5) is 0 Å². The van der Waals surface area contributed by atoms with Crippen LogP contribution in [0.1, 0.15) is 17.5 Å². The average molecular weight is 257 g/mol. The molecule has 1 aromatic carbocycles. The third kappa shape index (κ3) is 3.07. The van der Waals surface area contributed by atoms with Crippen molar-refractivity contribution in [2.75, 3.05) is 13.7 Å². The second-order valence-corrected chi connectivity index (χ2v) is 5.09. The Morgan fingerprint density at radius 2 is 2.16 bits per heavy atom. The van der Waals surface area contributed by atoms with Gasteiger partial charge in [0, 0.05) is 12.6 Å². The predicted molar refractivity (Wildman–Crippen MR) is 80.7 cm³/mol. The van der Waals surface area contributed by atoms with Gasteiger partial charge < -0.3 is 10.1 Å². The van der Waals surface area contributed by atoms with E-state index in [9.17, 15) is 0 Å². The van der Waals surface area contributed by atoms with E-state index in [0.717, 1.165) is 31.6 Å². The maximum atomic E-state index is 5.49. The lowest BCUT2D eigenvalue weighted by atomic mass is 9.78. The first kappa shape index (κ1) is 13.9. The van der Waals surface area contributed by atoms with Gasteiger partial charge in [-0.25, -0.2) is 0 Å². The van der Waals surface area contributed by atoms with Crippen molar-refractivity contribution in [2.45, 2.75) is 25.3 Å². The fraction of sp³-hybridized carbons (Fsp3) is 0.412. The van der Waals surface area contributed by atoms with Crippen LogP contribution in [0.2, 0.25) is 0 Å². The number of fused-ring (bicyclic) bond motifs is 1. The van der Waals surface area contributed by atoms with E-state index in [1.165, 1.54) is 11.1 Å². The van der Waals surface area contributed by atoms with Gasteiger partial charge in [0.2, 0.25) is 0 Å². The van der Waals surface area contributed by atoms with Crippen molar-refractivity contribution in [1.29, 1.82) is 0 Å². The Morgan fingerprint density at radius 3 is 2.84 bits per heavy atom. The van der Waals surface area contributed by atoms with Crippen molar-refractivity contribution in [3.05, 3.63) is 54.6 Å². The molecule has 1 aliphatic rings. The summed E-state index contributed by atoms with van der Waals surface area (Å²) in [6.07, 6.45) is 7.10. The van der Waals surface area contributed by atoms with Gasteiger partial charge in [0.05, 0.1) is 7.11 Å². The summed E-state index contributed by atoms with van der Waals surface area (Å²) in [5.41, 5.74) is 2.77. The molecule has 2 rings (SSSR count). The maximum Gasteiger partial charge on any atom is 0.122 e. The van der Waals surface area contributed by atoms with Gasteiger partial charge >= 0.3 is 0 Å². The number of methoxy groups -OCH3 is 1. The molecule has 0 aliphatic heterocycles. The summed E-state index contributed by atoms with van der Waals surface area (Å²) >= 11 is 0. The van der Waals surface area contributed by atoms with Crippen molar-refractivity contribution in [3.63, 3.8) is 0 Å². The molecule has 0 saturated heterocycles. The van der Waals surface area contributed by atoms with E-state index in [1.807, 2.05) is 12.2 Å². The Kier molecular flexibility index (Phi) is 4.80. The van der Waals surface area contributed by atoms with E-state index in [1.54, 1.807) is 7.11 Å². The lowest BCUT2D eigenvalue weighted by Crippen LogP contribution is -2.42. The average Bonchev–Trinajstić information content (AvgIpc) is 2.44. The Balaban J connectivity index is 2.25. The van der Waals surface area contributed by atoms with Crippen LogP contribution in [-0.4, -0.2) is 19.7 Å². The fourth-order valence-corrected chi connectivity index (χ4v) is 2.97. The van der Waals surface area contributed by atoms with E-state index < -0.39 is 0 Å². The lowest BCUT2D eigenvalue weighted by molar-refractivity contribution is 0.331. The van der Waals surface area contributed by atoms with Gasteiger partial charge in [-0.05, 0) is 42.4 Å². The number of hydrogen-bond donors (Lipinski definition) is 1. The smallest absolute Gasteiger partial charge is 0.122 e. The molecule has 0 amide bonds. The van der Waals surface area contributed by atoms with Gasteiger partial charge in [-0.15, -0.1) is 13.2 Å². The van der Waals surface area contributed by atoms with E-state index in [4.69, 9.17) is 4.74 Å². The zero-order chi connectivity index (χ0) is 13.7. The summed E-state index contributed by atoms with van der Waals surface area (Å²) in [5.74, 6) is 1.62. The van der Waals surface area contributed by atoms with Crippen LogP contribution in [0.25, 0.3) is 0 Å². The number of nitrogens with one attached hydrogen (secondary N) is 1. The molecule has 2 heteroatoms. The summed E-state index contributed by atoms with van der Waals surface area (Å²) in [7, 11) is 1.75. The zero-order valence-electron chi connectivity index (χ0n) is 11.7. The number of rotatable bonds is 6.